The van der Waals surface area contributed by atoms with Crippen LogP contribution in [0, 0.1) is 0 Å². The standard InChI is InChI=1S/C55H37N5/c1-3-36-34-50(49-21-13-12-20-48(49)47(36)4-2)39-27-23-37(24-28-39)44-31-45(38-25-29-42(30-26-38)52-56-35-43-19-11-14-22-51(43)57-52)33-46(32-44)55-59-53(40-15-7-5-8-16-40)58-54(60-55)41-17-9-6-10-18-41/h3-35H,1-2H2. The van der Waals surface area contributed by atoms with Gasteiger partial charge < -0.3 is 0 Å². The van der Waals surface area contributed by atoms with E-state index in [9.17, 15) is 0 Å². The lowest BCUT2D eigenvalue weighted by molar-refractivity contribution is 1.07. The van der Waals surface area contributed by atoms with E-state index < -0.39 is 0 Å². The van der Waals surface area contributed by atoms with Gasteiger partial charge in [-0.05, 0) is 85.6 Å². The first-order valence-electron chi connectivity index (χ1n) is 19.9. The number of hydrogen-bond acceptors (Lipinski definition) is 5. The number of rotatable bonds is 9. The van der Waals surface area contributed by atoms with E-state index in [4.69, 9.17) is 19.9 Å². The molecule has 10 rings (SSSR count). The molecule has 2 heterocycles. The zero-order valence-corrected chi connectivity index (χ0v) is 32.7. The first-order valence-corrected chi connectivity index (χ1v) is 19.9. The maximum Gasteiger partial charge on any atom is 0.164 e. The minimum atomic E-state index is 0.592. The predicted octanol–water partition coefficient (Wildman–Crippen LogP) is 13.9. The van der Waals surface area contributed by atoms with Crippen LogP contribution in [0.4, 0.5) is 0 Å². The molecular formula is C55H37N5. The van der Waals surface area contributed by atoms with Gasteiger partial charge in [0.15, 0.2) is 23.3 Å². The van der Waals surface area contributed by atoms with E-state index in [0.29, 0.717) is 23.3 Å². The molecule has 0 aliphatic rings. The summed E-state index contributed by atoms with van der Waals surface area (Å²) in [5, 5.41) is 3.34. The monoisotopic (exact) mass is 767 g/mol. The van der Waals surface area contributed by atoms with Crippen molar-refractivity contribution in [3.05, 3.63) is 212 Å². The molecule has 5 heteroatoms. The van der Waals surface area contributed by atoms with Crippen LogP contribution in [0.3, 0.4) is 0 Å². The highest BCUT2D eigenvalue weighted by atomic mass is 15.0. The lowest BCUT2D eigenvalue weighted by Gasteiger charge is -2.15. The summed E-state index contributed by atoms with van der Waals surface area (Å²) in [4.78, 5) is 24.7. The molecule has 2 aromatic heterocycles. The van der Waals surface area contributed by atoms with Crippen molar-refractivity contribution in [2.45, 2.75) is 0 Å². The Bertz CT molecular complexity index is 3150. The minimum absolute atomic E-state index is 0.592. The summed E-state index contributed by atoms with van der Waals surface area (Å²) in [5.41, 5.74) is 13.2. The van der Waals surface area contributed by atoms with Gasteiger partial charge in [-0.25, -0.2) is 24.9 Å². The molecule has 10 aromatic rings. The lowest BCUT2D eigenvalue weighted by Crippen LogP contribution is -2.00. The summed E-state index contributed by atoms with van der Waals surface area (Å²) in [6.45, 7) is 8.21. The molecule has 0 N–H and O–H groups in total. The third-order valence-corrected chi connectivity index (χ3v) is 10.9. The Kier molecular flexibility index (Phi) is 9.45. The van der Waals surface area contributed by atoms with Crippen LogP contribution >= 0.6 is 0 Å². The van der Waals surface area contributed by atoms with E-state index in [-0.39, 0.29) is 0 Å². The van der Waals surface area contributed by atoms with Crippen LogP contribution in [-0.4, -0.2) is 24.9 Å². The molecule has 0 fully saturated rings. The molecule has 0 saturated carbocycles. The van der Waals surface area contributed by atoms with Gasteiger partial charge in [0.05, 0.1) is 5.52 Å². The second-order valence-electron chi connectivity index (χ2n) is 14.6. The van der Waals surface area contributed by atoms with Crippen molar-refractivity contribution >= 4 is 33.8 Å². The fraction of sp³-hybridized carbons (Fsp3) is 0. The normalized spacial score (nSPS) is 11.1. The third kappa shape index (κ3) is 6.95. The maximum atomic E-state index is 5.11. The molecule has 282 valence electrons. The zero-order valence-electron chi connectivity index (χ0n) is 32.7. The van der Waals surface area contributed by atoms with Crippen molar-refractivity contribution in [2.75, 3.05) is 0 Å². The molecule has 0 aliphatic carbocycles. The van der Waals surface area contributed by atoms with Crippen LogP contribution in [0.5, 0.6) is 0 Å². The van der Waals surface area contributed by atoms with E-state index in [2.05, 4.69) is 115 Å². The van der Waals surface area contributed by atoms with Gasteiger partial charge in [-0.1, -0.05) is 177 Å². The quantitative estimate of drug-likeness (QED) is 0.146. The van der Waals surface area contributed by atoms with Crippen molar-refractivity contribution in [1.29, 1.82) is 0 Å². The Labute approximate surface area is 348 Å². The van der Waals surface area contributed by atoms with Crippen LogP contribution in [0.15, 0.2) is 201 Å². The first kappa shape index (κ1) is 36.2. The van der Waals surface area contributed by atoms with Gasteiger partial charge in [0, 0.05) is 33.8 Å². The van der Waals surface area contributed by atoms with E-state index in [0.717, 1.165) is 83.1 Å². The van der Waals surface area contributed by atoms with Crippen LogP contribution < -0.4 is 0 Å². The topological polar surface area (TPSA) is 64.5 Å². The van der Waals surface area contributed by atoms with E-state index in [1.165, 1.54) is 5.39 Å². The van der Waals surface area contributed by atoms with E-state index in [1.807, 2.05) is 103 Å². The Morgan fingerprint density at radius 1 is 0.350 bits per heavy atom. The fourth-order valence-electron chi connectivity index (χ4n) is 7.85. The van der Waals surface area contributed by atoms with Gasteiger partial charge in [-0.15, -0.1) is 0 Å². The highest BCUT2D eigenvalue weighted by Gasteiger charge is 2.16. The van der Waals surface area contributed by atoms with Gasteiger partial charge in [0.25, 0.3) is 0 Å². The Morgan fingerprint density at radius 2 is 0.833 bits per heavy atom. The van der Waals surface area contributed by atoms with Gasteiger partial charge >= 0.3 is 0 Å². The summed E-state index contributed by atoms with van der Waals surface area (Å²) in [5.74, 6) is 2.51. The van der Waals surface area contributed by atoms with E-state index in [1.54, 1.807) is 0 Å². The van der Waals surface area contributed by atoms with Crippen molar-refractivity contribution in [2.24, 2.45) is 0 Å². The second kappa shape index (κ2) is 15.7. The van der Waals surface area contributed by atoms with Crippen molar-refractivity contribution in [3.63, 3.8) is 0 Å². The maximum absolute atomic E-state index is 5.11. The molecule has 0 atom stereocenters. The van der Waals surface area contributed by atoms with Crippen LogP contribution in [0.25, 0.3) is 113 Å². The van der Waals surface area contributed by atoms with Gasteiger partial charge in [-0.2, -0.15) is 0 Å². The van der Waals surface area contributed by atoms with Gasteiger partial charge in [0.1, 0.15) is 0 Å². The third-order valence-electron chi connectivity index (χ3n) is 10.9. The molecular weight excluding hydrogens is 731 g/mol. The summed E-state index contributed by atoms with van der Waals surface area (Å²) in [7, 11) is 0. The Balaban J connectivity index is 1.11. The van der Waals surface area contributed by atoms with Gasteiger partial charge in [-0.3, -0.25) is 0 Å². The number of benzene rings is 8. The average Bonchev–Trinajstić information content (AvgIpc) is 3.33. The number of para-hydroxylation sites is 1. The molecule has 0 radical (unpaired) electrons. The SMILES string of the molecule is C=Cc1cc(-c2ccc(-c3cc(-c4ccc(-c5ncc6ccccc6n5)cc4)cc(-c4nc(-c5ccccc5)nc(-c5ccccc5)n4)c3)cc2)c2ccccc2c1C=C. The lowest BCUT2D eigenvalue weighted by atomic mass is 9.90. The predicted molar refractivity (Wildman–Crippen MR) is 249 cm³/mol. The molecule has 0 saturated heterocycles. The van der Waals surface area contributed by atoms with Crippen LogP contribution in [0.2, 0.25) is 0 Å². The van der Waals surface area contributed by atoms with Crippen molar-refractivity contribution in [3.8, 4) is 78.9 Å². The summed E-state index contributed by atoms with van der Waals surface area (Å²) < 4.78 is 0. The van der Waals surface area contributed by atoms with Gasteiger partial charge in [0.2, 0.25) is 0 Å². The Morgan fingerprint density at radius 3 is 1.43 bits per heavy atom. The molecule has 0 spiro atoms. The number of nitrogens with zero attached hydrogens (tertiary/aromatic N) is 5. The van der Waals surface area contributed by atoms with Crippen molar-refractivity contribution in [1.82, 2.24) is 24.9 Å². The number of hydrogen-bond donors (Lipinski definition) is 0. The Hall–Kier alpha value is -8.15. The molecule has 60 heavy (non-hydrogen) atoms. The average molecular weight is 768 g/mol. The zero-order chi connectivity index (χ0) is 40.4. The van der Waals surface area contributed by atoms with E-state index >= 15 is 0 Å². The molecule has 0 aliphatic heterocycles. The molecule has 0 unspecified atom stereocenters. The number of aromatic nitrogens is 5. The summed E-state index contributed by atoms with van der Waals surface area (Å²) in [6, 6.07) is 62.7. The number of fused-ring (bicyclic) bond motifs is 2. The fourth-order valence-corrected chi connectivity index (χ4v) is 7.85. The van der Waals surface area contributed by atoms with Crippen molar-refractivity contribution < 1.29 is 0 Å². The second-order valence-corrected chi connectivity index (χ2v) is 14.6. The summed E-state index contributed by atoms with van der Waals surface area (Å²) >= 11 is 0. The van der Waals surface area contributed by atoms with Crippen LogP contribution in [0.1, 0.15) is 11.1 Å². The molecule has 8 aromatic carbocycles. The first-order chi connectivity index (χ1) is 29.6. The van der Waals surface area contributed by atoms with Crippen LogP contribution in [-0.2, 0) is 0 Å². The highest BCUT2D eigenvalue weighted by Crippen LogP contribution is 2.38. The smallest absolute Gasteiger partial charge is 0.164 e. The highest BCUT2D eigenvalue weighted by molar-refractivity contribution is 6.03. The molecule has 0 amide bonds. The molecule has 5 nitrogen and oxygen atoms in total. The minimum Gasteiger partial charge on any atom is -0.236 e. The molecule has 0 bridgehead atoms. The summed E-state index contributed by atoms with van der Waals surface area (Å²) in [6.07, 6.45) is 5.70. The largest absolute Gasteiger partial charge is 0.236 e.